The number of carboxylic acids is 1. The van der Waals surface area contributed by atoms with E-state index in [1.165, 1.54) is 6.20 Å². The van der Waals surface area contributed by atoms with Gasteiger partial charge in [0.15, 0.2) is 0 Å². The van der Waals surface area contributed by atoms with Crippen LogP contribution in [0.25, 0.3) is 11.0 Å². The number of hydrogen-bond acceptors (Lipinski definition) is 3. The van der Waals surface area contributed by atoms with Gasteiger partial charge in [-0.1, -0.05) is 13.8 Å². The number of aromatic nitrogens is 3. The molecule has 0 aliphatic carbocycles. The van der Waals surface area contributed by atoms with Crippen molar-refractivity contribution in [3.63, 3.8) is 0 Å². The zero-order chi connectivity index (χ0) is 11.0. The molecule has 2 rings (SSSR count). The van der Waals surface area contributed by atoms with Crippen LogP contribution in [-0.2, 0) is 0 Å². The van der Waals surface area contributed by atoms with E-state index in [1.807, 2.05) is 13.8 Å². The molecule has 0 aromatic carbocycles. The summed E-state index contributed by atoms with van der Waals surface area (Å²) in [5, 5.41) is 8.94. The third-order valence-electron chi connectivity index (χ3n) is 2.19. The molecule has 0 radical (unpaired) electrons. The van der Waals surface area contributed by atoms with Crippen LogP contribution in [0.3, 0.4) is 0 Å². The molecule has 2 aromatic rings. The molecule has 0 atom stereocenters. The highest BCUT2D eigenvalue weighted by molar-refractivity contribution is 6.00. The summed E-state index contributed by atoms with van der Waals surface area (Å²) in [5.41, 5.74) is 1.27. The van der Waals surface area contributed by atoms with Gasteiger partial charge in [-0.15, -0.1) is 0 Å². The van der Waals surface area contributed by atoms with Crippen molar-refractivity contribution >= 4 is 17.0 Å². The molecule has 78 valence electrons. The third kappa shape index (κ3) is 1.56. The minimum absolute atomic E-state index is 0.135. The summed E-state index contributed by atoms with van der Waals surface area (Å²) in [5.74, 6) is 0.00875. The fourth-order valence-electron chi connectivity index (χ4n) is 1.38. The van der Waals surface area contributed by atoms with Crippen LogP contribution >= 0.6 is 0 Å². The van der Waals surface area contributed by atoms with Crippen LogP contribution < -0.4 is 0 Å². The van der Waals surface area contributed by atoms with Crippen molar-refractivity contribution in [1.82, 2.24) is 15.0 Å². The van der Waals surface area contributed by atoms with Crippen LogP contribution in [0, 0.1) is 0 Å². The molecule has 2 aromatic heterocycles. The van der Waals surface area contributed by atoms with Gasteiger partial charge >= 0.3 is 5.97 Å². The minimum atomic E-state index is -1.00. The van der Waals surface area contributed by atoms with E-state index < -0.39 is 5.97 Å². The van der Waals surface area contributed by atoms with Crippen molar-refractivity contribution in [2.45, 2.75) is 19.8 Å². The molecule has 0 aliphatic heterocycles. The van der Waals surface area contributed by atoms with Gasteiger partial charge < -0.3 is 10.1 Å². The summed E-state index contributed by atoms with van der Waals surface area (Å²) < 4.78 is 0. The van der Waals surface area contributed by atoms with Gasteiger partial charge in [-0.05, 0) is 0 Å². The van der Waals surface area contributed by atoms with Crippen LogP contribution in [-0.4, -0.2) is 26.0 Å². The van der Waals surface area contributed by atoms with Crippen LogP contribution in [0.5, 0.6) is 0 Å². The maximum absolute atomic E-state index is 10.9. The zero-order valence-corrected chi connectivity index (χ0v) is 8.48. The third-order valence-corrected chi connectivity index (χ3v) is 2.19. The molecule has 0 unspecified atom stereocenters. The fourth-order valence-corrected chi connectivity index (χ4v) is 1.38. The van der Waals surface area contributed by atoms with Crippen molar-refractivity contribution in [3.8, 4) is 0 Å². The van der Waals surface area contributed by atoms with Gasteiger partial charge in [-0.25, -0.2) is 9.78 Å². The van der Waals surface area contributed by atoms with Crippen molar-refractivity contribution in [2.24, 2.45) is 0 Å². The standard InChI is InChI=1S/C10H11N3O2/c1-5(2)9-12-7-4-11-3-6(10(14)15)8(7)13-9/h3-5H,1-2H3,(H,12,13)(H,14,15). The molecule has 15 heavy (non-hydrogen) atoms. The van der Waals surface area contributed by atoms with Crippen molar-refractivity contribution < 1.29 is 9.90 Å². The number of carbonyl (C=O) groups is 1. The lowest BCUT2D eigenvalue weighted by Gasteiger charge is -1.95. The minimum Gasteiger partial charge on any atom is -0.478 e. The van der Waals surface area contributed by atoms with Gasteiger partial charge in [-0.3, -0.25) is 4.98 Å². The summed E-state index contributed by atoms with van der Waals surface area (Å²) >= 11 is 0. The van der Waals surface area contributed by atoms with Gasteiger partial charge in [0.05, 0.1) is 11.7 Å². The van der Waals surface area contributed by atoms with Gasteiger partial charge in [0.1, 0.15) is 16.9 Å². The number of imidazole rings is 1. The second-order valence-corrected chi connectivity index (χ2v) is 3.67. The summed E-state index contributed by atoms with van der Waals surface area (Å²) in [7, 11) is 0. The zero-order valence-electron chi connectivity index (χ0n) is 8.48. The maximum atomic E-state index is 10.9. The summed E-state index contributed by atoms with van der Waals surface area (Å²) in [6.45, 7) is 3.98. The first-order chi connectivity index (χ1) is 7.09. The predicted octanol–water partition coefficient (Wildman–Crippen LogP) is 1.78. The Labute approximate surface area is 86.2 Å². The van der Waals surface area contributed by atoms with Crippen LogP contribution in [0.1, 0.15) is 35.9 Å². The molecule has 0 aliphatic rings. The Morgan fingerprint density at radius 1 is 1.47 bits per heavy atom. The van der Waals surface area contributed by atoms with E-state index in [9.17, 15) is 4.79 Å². The second kappa shape index (κ2) is 3.34. The molecule has 0 fully saturated rings. The quantitative estimate of drug-likeness (QED) is 0.783. The van der Waals surface area contributed by atoms with E-state index in [0.29, 0.717) is 11.0 Å². The van der Waals surface area contributed by atoms with Gasteiger partial charge in [0.2, 0.25) is 0 Å². The second-order valence-electron chi connectivity index (χ2n) is 3.67. The summed E-state index contributed by atoms with van der Waals surface area (Å²) in [4.78, 5) is 22.1. The first kappa shape index (κ1) is 9.64. The normalized spacial score (nSPS) is 11.1. The van der Waals surface area contributed by atoms with E-state index in [2.05, 4.69) is 15.0 Å². The van der Waals surface area contributed by atoms with E-state index in [0.717, 1.165) is 5.82 Å². The first-order valence-electron chi connectivity index (χ1n) is 4.66. The highest BCUT2D eigenvalue weighted by Crippen LogP contribution is 2.19. The fraction of sp³-hybridized carbons (Fsp3) is 0.300. The molecule has 2 N–H and O–H groups in total. The van der Waals surface area contributed by atoms with Gasteiger partial charge in [-0.2, -0.15) is 0 Å². The average Bonchev–Trinajstić information content (AvgIpc) is 2.60. The predicted molar refractivity (Wildman–Crippen MR) is 54.9 cm³/mol. The lowest BCUT2D eigenvalue weighted by atomic mass is 10.2. The molecular weight excluding hydrogens is 194 g/mol. The Bertz CT molecular complexity index is 516. The molecule has 0 saturated heterocycles. The van der Waals surface area contributed by atoms with E-state index >= 15 is 0 Å². The Morgan fingerprint density at radius 2 is 2.20 bits per heavy atom. The van der Waals surface area contributed by atoms with Gasteiger partial charge in [0, 0.05) is 12.1 Å². The number of rotatable bonds is 2. The lowest BCUT2D eigenvalue weighted by molar-refractivity contribution is 0.0698. The number of nitrogens with one attached hydrogen (secondary N) is 1. The number of fused-ring (bicyclic) bond motifs is 1. The van der Waals surface area contributed by atoms with E-state index in [4.69, 9.17) is 5.11 Å². The Morgan fingerprint density at radius 3 is 2.80 bits per heavy atom. The van der Waals surface area contributed by atoms with Crippen LogP contribution in [0.2, 0.25) is 0 Å². The Balaban J connectivity index is 2.70. The van der Waals surface area contributed by atoms with E-state index in [-0.39, 0.29) is 11.5 Å². The molecule has 0 saturated carbocycles. The van der Waals surface area contributed by atoms with Crippen molar-refractivity contribution in [3.05, 3.63) is 23.8 Å². The van der Waals surface area contributed by atoms with E-state index in [1.54, 1.807) is 6.20 Å². The number of aromatic carboxylic acids is 1. The number of H-pyrrole nitrogens is 1. The summed E-state index contributed by atoms with van der Waals surface area (Å²) in [6, 6.07) is 0. The first-order valence-corrected chi connectivity index (χ1v) is 4.66. The Hall–Kier alpha value is -1.91. The molecule has 0 spiro atoms. The Kier molecular flexibility index (Phi) is 2.15. The highest BCUT2D eigenvalue weighted by atomic mass is 16.4. The number of aromatic amines is 1. The smallest absolute Gasteiger partial charge is 0.339 e. The lowest BCUT2D eigenvalue weighted by Crippen LogP contribution is -1.98. The molecule has 2 heterocycles. The number of nitrogens with zero attached hydrogens (tertiary/aromatic N) is 2. The average molecular weight is 205 g/mol. The number of pyridine rings is 1. The van der Waals surface area contributed by atoms with Crippen LogP contribution in [0.15, 0.2) is 12.4 Å². The topological polar surface area (TPSA) is 78.9 Å². The monoisotopic (exact) mass is 205 g/mol. The van der Waals surface area contributed by atoms with Gasteiger partial charge in [0.25, 0.3) is 0 Å². The van der Waals surface area contributed by atoms with Crippen LogP contribution in [0.4, 0.5) is 0 Å². The number of hydrogen-bond donors (Lipinski definition) is 2. The molecule has 5 heteroatoms. The molecule has 0 bridgehead atoms. The number of carboxylic acid groups (broad SMARTS) is 1. The van der Waals surface area contributed by atoms with Crippen molar-refractivity contribution in [1.29, 1.82) is 0 Å². The molecular formula is C10H11N3O2. The molecule has 0 amide bonds. The van der Waals surface area contributed by atoms with Crippen molar-refractivity contribution in [2.75, 3.05) is 0 Å². The largest absolute Gasteiger partial charge is 0.478 e. The highest BCUT2D eigenvalue weighted by Gasteiger charge is 2.14. The molecule has 5 nitrogen and oxygen atoms in total. The maximum Gasteiger partial charge on any atom is 0.339 e. The summed E-state index contributed by atoms with van der Waals surface area (Å²) in [6.07, 6.45) is 2.90. The SMILES string of the molecule is CC(C)c1nc2c(C(=O)O)cncc2[nH]1.